The van der Waals surface area contributed by atoms with Crippen molar-refractivity contribution >= 4 is 41.2 Å². The topological polar surface area (TPSA) is 97.8 Å². The zero-order valence-electron chi connectivity index (χ0n) is 15.1. The van der Waals surface area contributed by atoms with Crippen LogP contribution in [-0.4, -0.2) is 36.5 Å². The van der Waals surface area contributed by atoms with Crippen LogP contribution in [0, 0.1) is 0 Å². The molecule has 1 aliphatic heterocycles. The van der Waals surface area contributed by atoms with Gasteiger partial charge >= 0.3 is 6.03 Å². The number of amides is 4. The van der Waals surface area contributed by atoms with E-state index in [1.165, 1.54) is 37.7 Å². The van der Waals surface area contributed by atoms with Crippen LogP contribution in [0.15, 0.2) is 42.2 Å². The number of pyridine rings is 1. The Balaban J connectivity index is 2.04. The number of rotatable bonds is 5. The lowest BCUT2D eigenvalue weighted by molar-refractivity contribution is -0.122. The van der Waals surface area contributed by atoms with Crippen LogP contribution < -0.4 is 19.7 Å². The normalized spacial score (nSPS) is 15.6. The van der Waals surface area contributed by atoms with Crippen molar-refractivity contribution in [3.05, 3.63) is 52.8 Å². The smallest absolute Gasteiger partial charge is 0.336 e. The summed E-state index contributed by atoms with van der Waals surface area (Å²) < 4.78 is 10.7. The average molecular weight is 402 g/mol. The molecule has 1 aliphatic rings. The highest BCUT2D eigenvalue weighted by atomic mass is 35.5. The fourth-order valence-corrected chi connectivity index (χ4v) is 2.83. The largest absolute Gasteiger partial charge is 0.493 e. The number of nitrogens with zero attached hydrogens (tertiary/aromatic N) is 2. The number of carbonyl (C=O) groups excluding carboxylic acids is 3. The van der Waals surface area contributed by atoms with Crippen molar-refractivity contribution in [2.45, 2.75) is 6.92 Å². The number of aromatic nitrogens is 1. The molecule has 8 nitrogen and oxygen atoms in total. The van der Waals surface area contributed by atoms with Gasteiger partial charge in [-0.1, -0.05) is 11.6 Å². The van der Waals surface area contributed by atoms with Gasteiger partial charge in [-0.3, -0.25) is 19.9 Å². The van der Waals surface area contributed by atoms with E-state index < -0.39 is 17.8 Å². The van der Waals surface area contributed by atoms with E-state index in [0.717, 1.165) is 4.90 Å². The highest BCUT2D eigenvalue weighted by molar-refractivity contribution is 6.39. The predicted octanol–water partition coefficient (Wildman–Crippen LogP) is 2.81. The Morgan fingerprint density at radius 1 is 1.25 bits per heavy atom. The molecular weight excluding hydrogens is 386 g/mol. The van der Waals surface area contributed by atoms with Gasteiger partial charge in [0.15, 0.2) is 11.5 Å². The van der Waals surface area contributed by atoms with Gasteiger partial charge in [0.05, 0.1) is 30.6 Å². The zero-order valence-corrected chi connectivity index (χ0v) is 15.8. The molecule has 9 heteroatoms. The van der Waals surface area contributed by atoms with Gasteiger partial charge < -0.3 is 9.47 Å². The number of urea groups is 1. The molecule has 144 valence electrons. The third-order valence-corrected chi connectivity index (χ3v) is 4.22. The van der Waals surface area contributed by atoms with E-state index in [9.17, 15) is 14.4 Å². The molecule has 0 spiro atoms. The molecule has 1 aromatic carbocycles. The summed E-state index contributed by atoms with van der Waals surface area (Å²) in [5, 5.41) is 2.39. The number of benzene rings is 1. The molecular formula is C19H16ClN3O5. The number of methoxy groups -OCH3 is 1. The molecule has 1 N–H and O–H groups in total. The molecule has 1 fully saturated rings. The first-order valence-electron chi connectivity index (χ1n) is 8.28. The number of hydrogen-bond donors (Lipinski definition) is 1. The fraction of sp³-hybridized carbons (Fsp3) is 0.158. The van der Waals surface area contributed by atoms with Crippen LogP contribution in [0.2, 0.25) is 5.02 Å². The summed E-state index contributed by atoms with van der Waals surface area (Å²) in [7, 11) is 1.46. The van der Waals surface area contributed by atoms with Crippen LogP contribution in [0.4, 0.5) is 10.5 Å². The number of halogens is 1. The second-order valence-electron chi connectivity index (χ2n) is 5.63. The molecule has 1 aromatic heterocycles. The van der Waals surface area contributed by atoms with Gasteiger partial charge in [-0.15, -0.1) is 0 Å². The van der Waals surface area contributed by atoms with Gasteiger partial charge in [0.1, 0.15) is 5.57 Å². The number of nitrogens with one attached hydrogen (secondary N) is 1. The van der Waals surface area contributed by atoms with Crippen LogP contribution in [-0.2, 0) is 9.59 Å². The van der Waals surface area contributed by atoms with Gasteiger partial charge in [0, 0.05) is 12.3 Å². The molecule has 2 aromatic rings. The quantitative estimate of drug-likeness (QED) is 0.611. The van der Waals surface area contributed by atoms with E-state index in [1.54, 1.807) is 12.1 Å². The number of ether oxygens (including phenoxy) is 2. The van der Waals surface area contributed by atoms with Crippen molar-refractivity contribution < 1.29 is 23.9 Å². The summed E-state index contributed by atoms with van der Waals surface area (Å²) in [5.41, 5.74) is 0.344. The lowest BCUT2D eigenvalue weighted by atomic mass is 10.1. The minimum atomic E-state index is -0.851. The maximum Gasteiger partial charge on any atom is 0.336 e. The first-order chi connectivity index (χ1) is 13.5. The predicted molar refractivity (Wildman–Crippen MR) is 102 cm³/mol. The van der Waals surface area contributed by atoms with Crippen LogP contribution in [0.25, 0.3) is 6.08 Å². The highest BCUT2D eigenvalue weighted by Gasteiger charge is 2.37. The summed E-state index contributed by atoms with van der Waals surface area (Å²) >= 11 is 6.28. The van der Waals surface area contributed by atoms with E-state index in [4.69, 9.17) is 21.1 Å². The van der Waals surface area contributed by atoms with Crippen molar-refractivity contribution in [2.75, 3.05) is 18.6 Å². The highest BCUT2D eigenvalue weighted by Crippen LogP contribution is 2.35. The molecule has 0 aliphatic carbocycles. The first-order valence-corrected chi connectivity index (χ1v) is 8.65. The minimum Gasteiger partial charge on any atom is -0.493 e. The van der Waals surface area contributed by atoms with E-state index in [2.05, 4.69) is 10.3 Å². The van der Waals surface area contributed by atoms with Crippen LogP contribution in [0.3, 0.4) is 0 Å². The lowest BCUT2D eigenvalue weighted by Crippen LogP contribution is -2.54. The van der Waals surface area contributed by atoms with Crippen molar-refractivity contribution in [3.63, 3.8) is 0 Å². The van der Waals surface area contributed by atoms with Gasteiger partial charge in [-0.2, -0.15) is 0 Å². The molecule has 0 bridgehead atoms. The lowest BCUT2D eigenvalue weighted by Gasteiger charge is -2.26. The van der Waals surface area contributed by atoms with Gasteiger partial charge in [-0.05, 0) is 36.8 Å². The molecule has 3 rings (SSSR count). The number of imide groups is 2. The average Bonchev–Trinajstić information content (AvgIpc) is 2.67. The standard InChI is InChI=1S/C19H16ClN3O5/c1-3-28-16-9-14(20)11(8-15(16)27-2)7-13-17(24)22-19(26)23(18(13)25)12-5-4-6-21-10-12/h4-10H,3H2,1-2H3,(H,22,24,26)/b13-7+. The Hall–Kier alpha value is -3.39. The third-order valence-electron chi connectivity index (χ3n) is 3.89. The van der Waals surface area contributed by atoms with Crippen LogP contribution in [0.1, 0.15) is 12.5 Å². The Labute approximate surface area is 165 Å². The summed E-state index contributed by atoms with van der Waals surface area (Å²) in [6.45, 7) is 2.23. The minimum absolute atomic E-state index is 0.235. The summed E-state index contributed by atoms with van der Waals surface area (Å²) in [6, 6.07) is 5.34. The Kier molecular flexibility index (Phi) is 5.60. The fourth-order valence-electron chi connectivity index (χ4n) is 2.62. The second-order valence-corrected chi connectivity index (χ2v) is 6.03. The molecule has 4 amide bonds. The van der Waals surface area contributed by atoms with Crippen molar-refractivity contribution in [2.24, 2.45) is 0 Å². The molecule has 2 heterocycles. The van der Waals surface area contributed by atoms with Gasteiger partial charge in [0.2, 0.25) is 0 Å². The number of anilines is 1. The van der Waals surface area contributed by atoms with Gasteiger partial charge in [-0.25, -0.2) is 9.69 Å². The molecule has 28 heavy (non-hydrogen) atoms. The SMILES string of the molecule is CCOc1cc(Cl)c(/C=C2\C(=O)NC(=O)N(c3cccnc3)C2=O)cc1OC. The van der Waals surface area contributed by atoms with E-state index in [0.29, 0.717) is 23.7 Å². The molecule has 1 saturated heterocycles. The van der Waals surface area contributed by atoms with Crippen molar-refractivity contribution in [3.8, 4) is 11.5 Å². The Morgan fingerprint density at radius 2 is 2.04 bits per heavy atom. The van der Waals surface area contributed by atoms with Gasteiger partial charge in [0.25, 0.3) is 11.8 Å². The van der Waals surface area contributed by atoms with Crippen molar-refractivity contribution in [1.29, 1.82) is 0 Å². The maximum absolute atomic E-state index is 12.8. The van der Waals surface area contributed by atoms with Crippen molar-refractivity contribution in [1.82, 2.24) is 10.3 Å². The molecule has 0 atom stereocenters. The summed E-state index contributed by atoms with van der Waals surface area (Å²) in [4.78, 5) is 42.0. The number of hydrogen-bond acceptors (Lipinski definition) is 6. The monoisotopic (exact) mass is 401 g/mol. The maximum atomic E-state index is 12.8. The first kappa shape index (κ1) is 19.4. The van der Waals surface area contributed by atoms with E-state index in [1.807, 2.05) is 6.92 Å². The third kappa shape index (κ3) is 3.67. The summed E-state index contributed by atoms with van der Waals surface area (Å²) in [5.74, 6) is -0.782. The van der Waals surface area contributed by atoms with Crippen LogP contribution >= 0.6 is 11.6 Å². The number of carbonyl (C=O) groups is 3. The number of barbiturate groups is 1. The summed E-state index contributed by atoms with van der Waals surface area (Å²) in [6.07, 6.45) is 4.15. The second kappa shape index (κ2) is 8.10. The molecule has 0 saturated carbocycles. The Morgan fingerprint density at radius 3 is 2.68 bits per heavy atom. The van der Waals surface area contributed by atoms with E-state index in [-0.39, 0.29) is 16.3 Å². The molecule has 0 unspecified atom stereocenters. The zero-order chi connectivity index (χ0) is 20.3. The molecule has 0 radical (unpaired) electrons. The van der Waals surface area contributed by atoms with Crippen LogP contribution in [0.5, 0.6) is 11.5 Å². The van der Waals surface area contributed by atoms with E-state index >= 15 is 0 Å². The Bertz CT molecular complexity index is 975.